The highest BCUT2D eigenvalue weighted by atomic mass is 32.2. The molecule has 3 aromatic carbocycles. The molecule has 186 valence electrons. The van der Waals surface area contributed by atoms with Gasteiger partial charge in [-0.1, -0.05) is 36.4 Å². The van der Waals surface area contributed by atoms with Gasteiger partial charge in [0.25, 0.3) is 0 Å². The molecule has 0 aliphatic heterocycles. The second kappa shape index (κ2) is 9.63. The zero-order chi connectivity index (χ0) is 24.7. The lowest BCUT2D eigenvalue weighted by molar-refractivity contribution is -0.188. The Hall–Kier alpha value is -2.72. The van der Waals surface area contributed by atoms with Gasteiger partial charge in [0.2, 0.25) is 0 Å². The highest BCUT2D eigenvalue weighted by Gasteiger charge is 2.53. The minimum atomic E-state index is -0.219. The molecule has 0 heterocycles. The minimum Gasteiger partial charge on any atom is -0.481 e. The Kier molecular flexibility index (Phi) is 6.33. The number of carbonyl (C=O) groups is 1. The number of aryl methyl sites for hydroxylation is 2. The molecule has 0 N–H and O–H groups in total. The Labute approximate surface area is 217 Å². The molecular weight excluding hydrogens is 464 g/mol. The van der Waals surface area contributed by atoms with E-state index in [0.29, 0.717) is 0 Å². The molecule has 0 radical (unpaired) electrons. The standard InChI is InChI=1S/C32H35O3S/c1-22-13-29(36(27-9-5-3-6-10-27)28-11-7-4-8-12-28)14-23(2)31(22)34-21-30(33)35-32-18-24-15-25(19-32)17-26(16-24)20-32/h3-14,24-26H,15-21H2,1-2H3/q+1. The van der Waals surface area contributed by atoms with Crippen molar-refractivity contribution >= 4 is 16.9 Å². The van der Waals surface area contributed by atoms with Crippen molar-refractivity contribution in [2.75, 3.05) is 6.61 Å². The second-order valence-corrected chi connectivity index (χ2v) is 13.2. The van der Waals surface area contributed by atoms with Crippen LogP contribution in [0.5, 0.6) is 5.75 Å². The van der Waals surface area contributed by atoms with Crippen molar-refractivity contribution in [3.05, 3.63) is 83.9 Å². The lowest BCUT2D eigenvalue weighted by atomic mass is 9.54. The van der Waals surface area contributed by atoms with Crippen LogP contribution in [-0.4, -0.2) is 18.2 Å². The lowest BCUT2D eigenvalue weighted by Gasteiger charge is -2.55. The van der Waals surface area contributed by atoms with E-state index in [0.717, 1.165) is 53.9 Å². The molecule has 3 aromatic rings. The summed E-state index contributed by atoms with van der Waals surface area (Å²) in [6, 6.07) is 25.8. The van der Waals surface area contributed by atoms with Crippen molar-refractivity contribution in [2.24, 2.45) is 17.8 Å². The molecule has 4 fully saturated rings. The third-order valence-electron chi connectivity index (χ3n) is 8.27. The number of ether oxygens (including phenoxy) is 2. The molecule has 0 unspecified atom stereocenters. The van der Waals surface area contributed by atoms with Crippen LogP contribution in [0.15, 0.2) is 87.5 Å². The average molecular weight is 500 g/mol. The Morgan fingerprint density at radius 2 is 1.25 bits per heavy atom. The van der Waals surface area contributed by atoms with E-state index in [1.165, 1.54) is 33.9 Å². The van der Waals surface area contributed by atoms with Crippen molar-refractivity contribution in [1.82, 2.24) is 0 Å². The topological polar surface area (TPSA) is 35.5 Å². The third kappa shape index (κ3) is 4.68. The van der Waals surface area contributed by atoms with Crippen LogP contribution in [0.2, 0.25) is 0 Å². The quantitative estimate of drug-likeness (QED) is 0.253. The van der Waals surface area contributed by atoms with E-state index in [1.54, 1.807) is 0 Å². The van der Waals surface area contributed by atoms with Gasteiger partial charge in [0, 0.05) is 12.1 Å². The van der Waals surface area contributed by atoms with Crippen molar-refractivity contribution in [3.8, 4) is 5.75 Å². The van der Waals surface area contributed by atoms with E-state index in [4.69, 9.17) is 9.47 Å². The zero-order valence-corrected chi connectivity index (χ0v) is 22.1. The Morgan fingerprint density at radius 3 is 1.72 bits per heavy atom. The summed E-state index contributed by atoms with van der Waals surface area (Å²) >= 11 is 0. The summed E-state index contributed by atoms with van der Waals surface area (Å²) in [6.45, 7) is 4.13. The number of carbonyl (C=O) groups excluding carboxylic acids is 1. The molecule has 4 aliphatic rings. The molecule has 0 atom stereocenters. The molecule has 0 saturated heterocycles. The molecular formula is C32H35O3S+. The van der Waals surface area contributed by atoms with Gasteiger partial charge in [-0.15, -0.1) is 0 Å². The number of rotatable bonds is 7. The maximum Gasteiger partial charge on any atom is 0.344 e. The number of esters is 1. The van der Waals surface area contributed by atoms with Crippen LogP contribution in [0.1, 0.15) is 49.7 Å². The van der Waals surface area contributed by atoms with Gasteiger partial charge in [0.1, 0.15) is 11.4 Å². The van der Waals surface area contributed by atoms with Gasteiger partial charge in [0.05, 0.1) is 10.9 Å². The summed E-state index contributed by atoms with van der Waals surface area (Å²) in [5.74, 6) is 2.85. The first-order chi connectivity index (χ1) is 17.5. The van der Waals surface area contributed by atoms with Crippen LogP contribution in [0.25, 0.3) is 0 Å². The number of hydrogen-bond acceptors (Lipinski definition) is 3. The molecule has 7 rings (SSSR count). The highest BCUT2D eigenvalue weighted by molar-refractivity contribution is 7.97. The zero-order valence-electron chi connectivity index (χ0n) is 21.2. The predicted octanol–water partition coefficient (Wildman–Crippen LogP) is 7.29. The van der Waals surface area contributed by atoms with Gasteiger partial charge in [0.15, 0.2) is 21.3 Å². The van der Waals surface area contributed by atoms with Crippen LogP contribution in [-0.2, 0) is 20.4 Å². The molecule has 4 aliphatic carbocycles. The fourth-order valence-electron chi connectivity index (χ4n) is 7.34. The first-order valence-corrected chi connectivity index (χ1v) is 14.5. The van der Waals surface area contributed by atoms with Gasteiger partial charge >= 0.3 is 5.97 Å². The average Bonchev–Trinajstić information content (AvgIpc) is 2.84. The van der Waals surface area contributed by atoms with E-state index in [1.807, 2.05) is 0 Å². The lowest BCUT2D eigenvalue weighted by Crippen LogP contribution is -2.53. The summed E-state index contributed by atoms with van der Waals surface area (Å²) in [5.41, 5.74) is 1.89. The van der Waals surface area contributed by atoms with E-state index in [-0.39, 0.29) is 29.1 Å². The fourth-order valence-corrected chi connectivity index (χ4v) is 9.60. The van der Waals surface area contributed by atoms with Gasteiger partial charge in [-0.25, -0.2) is 4.79 Å². The summed E-state index contributed by atoms with van der Waals surface area (Å²) in [5, 5.41) is 0. The Morgan fingerprint density at radius 1 is 0.778 bits per heavy atom. The van der Waals surface area contributed by atoms with E-state index in [2.05, 4.69) is 86.6 Å². The summed E-state index contributed by atoms with van der Waals surface area (Å²) in [6.07, 6.45) is 7.18. The van der Waals surface area contributed by atoms with Gasteiger partial charge < -0.3 is 9.47 Å². The number of hydrogen-bond donors (Lipinski definition) is 0. The fraction of sp³-hybridized carbons (Fsp3) is 0.406. The molecule has 4 saturated carbocycles. The maximum atomic E-state index is 12.9. The first kappa shape index (κ1) is 23.7. The van der Waals surface area contributed by atoms with Crippen molar-refractivity contribution < 1.29 is 14.3 Å². The predicted molar refractivity (Wildman–Crippen MR) is 143 cm³/mol. The smallest absolute Gasteiger partial charge is 0.344 e. The largest absolute Gasteiger partial charge is 0.481 e. The monoisotopic (exact) mass is 499 g/mol. The normalized spacial score (nSPS) is 26.2. The van der Waals surface area contributed by atoms with Crippen LogP contribution in [0, 0.1) is 31.6 Å². The second-order valence-electron chi connectivity index (χ2n) is 11.2. The molecule has 0 spiro atoms. The summed E-state index contributed by atoms with van der Waals surface area (Å²) in [7, 11) is -0.212. The van der Waals surface area contributed by atoms with Gasteiger partial charge in [-0.05, 0) is 106 Å². The Bertz CT molecular complexity index is 1140. The third-order valence-corrected chi connectivity index (χ3v) is 10.5. The van der Waals surface area contributed by atoms with Gasteiger partial charge in [-0.3, -0.25) is 0 Å². The van der Waals surface area contributed by atoms with E-state index in [9.17, 15) is 4.79 Å². The van der Waals surface area contributed by atoms with E-state index < -0.39 is 0 Å². The molecule has 0 amide bonds. The molecule has 4 bridgehead atoms. The van der Waals surface area contributed by atoms with Crippen LogP contribution >= 0.6 is 0 Å². The van der Waals surface area contributed by atoms with Crippen molar-refractivity contribution in [1.29, 1.82) is 0 Å². The molecule has 36 heavy (non-hydrogen) atoms. The van der Waals surface area contributed by atoms with Crippen LogP contribution in [0.4, 0.5) is 0 Å². The SMILES string of the molecule is Cc1cc([S+](c2ccccc2)c2ccccc2)cc(C)c1OCC(=O)OC12CC3CC(CC(C3)C1)C2. The molecule has 3 nitrogen and oxygen atoms in total. The highest BCUT2D eigenvalue weighted by Crippen LogP contribution is 2.57. The molecule has 0 aromatic heterocycles. The minimum absolute atomic E-state index is 0.0220. The first-order valence-electron chi connectivity index (χ1n) is 13.3. The maximum absolute atomic E-state index is 12.9. The van der Waals surface area contributed by atoms with Crippen LogP contribution < -0.4 is 4.74 Å². The number of benzene rings is 3. The van der Waals surface area contributed by atoms with Crippen molar-refractivity contribution in [2.45, 2.75) is 72.7 Å². The summed E-state index contributed by atoms with van der Waals surface area (Å²) < 4.78 is 12.3. The Balaban J connectivity index is 1.19. The van der Waals surface area contributed by atoms with Gasteiger partial charge in [-0.2, -0.15) is 0 Å². The summed E-state index contributed by atoms with van der Waals surface area (Å²) in [4.78, 5) is 16.8. The van der Waals surface area contributed by atoms with E-state index >= 15 is 0 Å². The van der Waals surface area contributed by atoms with Crippen LogP contribution in [0.3, 0.4) is 0 Å². The molecule has 4 heteroatoms. The van der Waals surface area contributed by atoms with Crippen molar-refractivity contribution in [3.63, 3.8) is 0 Å².